The minimum atomic E-state index is -0.659. The molecule has 0 radical (unpaired) electrons. The maximum Gasteiger partial charge on any atom is 0.338 e. The molecule has 1 aliphatic heterocycles. The Hall–Kier alpha value is -4.06. The van der Waals surface area contributed by atoms with E-state index in [1.807, 2.05) is 85.8 Å². The largest absolute Gasteiger partial charge is 0.457 e. The van der Waals surface area contributed by atoms with Gasteiger partial charge in [-0.2, -0.15) is 0 Å². The molecular formula is C26H24N2O4. The molecule has 0 saturated heterocycles. The number of carbonyl (C=O) groups excluding carboxylic acids is 2. The molecule has 6 heteroatoms. The second kappa shape index (κ2) is 9.39. The van der Waals surface area contributed by atoms with Gasteiger partial charge >= 0.3 is 12.0 Å². The van der Waals surface area contributed by atoms with E-state index < -0.39 is 12.0 Å². The third-order valence-electron chi connectivity index (χ3n) is 5.15. The molecule has 162 valence electrons. The number of rotatable bonds is 6. The topological polar surface area (TPSA) is 76.7 Å². The van der Waals surface area contributed by atoms with Gasteiger partial charge in [0.2, 0.25) is 0 Å². The van der Waals surface area contributed by atoms with E-state index in [1.54, 1.807) is 6.92 Å². The van der Waals surface area contributed by atoms with Gasteiger partial charge in [-0.25, -0.2) is 9.59 Å². The number of nitrogens with one attached hydrogen (secondary N) is 2. The molecule has 1 heterocycles. The van der Waals surface area contributed by atoms with E-state index in [-0.39, 0.29) is 12.6 Å². The Labute approximate surface area is 186 Å². The normalized spacial score (nSPS) is 15.6. The van der Waals surface area contributed by atoms with Gasteiger partial charge < -0.3 is 20.1 Å². The van der Waals surface area contributed by atoms with Gasteiger partial charge in [-0.05, 0) is 49.2 Å². The van der Waals surface area contributed by atoms with Crippen molar-refractivity contribution in [3.05, 3.63) is 107 Å². The first-order chi connectivity index (χ1) is 15.5. The lowest BCUT2D eigenvalue weighted by molar-refractivity contribution is -0.140. The molecule has 0 bridgehead atoms. The van der Waals surface area contributed by atoms with Crippen molar-refractivity contribution < 1.29 is 19.1 Å². The van der Waals surface area contributed by atoms with Gasteiger partial charge in [0, 0.05) is 5.70 Å². The number of urea groups is 1. The lowest BCUT2D eigenvalue weighted by atomic mass is 9.95. The SMILES string of the molecule is CC1=C(C(=O)OCc2ccc(C)cc2)[C@H](c2cccc(Oc3ccccc3)c2)NC(=O)N1. The highest BCUT2D eigenvalue weighted by atomic mass is 16.5. The standard InChI is InChI=1S/C26H24N2O4/c1-17-11-13-19(14-12-17)16-31-25(29)23-18(2)27-26(30)28-24(23)20-7-6-10-22(15-20)32-21-8-4-3-5-9-21/h3-15,24H,16H2,1-2H3,(H2,27,28,30)/t24-/m0/s1. The number of allylic oxidation sites excluding steroid dienone is 1. The molecule has 0 unspecified atom stereocenters. The lowest BCUT2D eigenvalue weighted by Crippen LogP contribution is -2.45. The Morgan fingerprint density at radius 1 is 0.906 bits per heavy atom. The predicted octanol–water partition coefficient (Wildman–Crippen LogP) is 5.16. The van der Waals surface area contributed by atoms with Gasteiger partial charge in [0.25, 0.3) is 0 Å². The van der Waals surface area contributed by atoms with E-state index >= 15 is 0 Å². The van der Waals surface area contributed by atoms with Crippen LogP contribution in [0.25, 0.3) is 0 Å². The molecule has 1 atom stereocenters. The molecule has 0 aliphatic carbocycles. The Kier molecular flexibility index (Phi) is 6.22. The summed E-state index contributed by atoms with van der Waals surface area (Å²) in [7, 11) is 0. The maximum absolute atomic E-state index is 13.0. The minimum absolute atomic E-state index is 0.147. The van der Waals surface area contributed by atoms with Crippen LogP contribution in [0.3, 0.4) is 0 Å². The zero-order valence-electron chi connectivity index (χ0n) is 17.9. The zero-order chi connectivity index (χ0) is 22.5. The third kappa shape index (κ3) is 4.98. The second-order valence-electron chi connectivity index (χ2n) is 7.62. The van der Waals surface area contributed by atoms with Crippen LogP contribution in [0.5, 0.6) is 11.5 Å². The predicted molar refractivity (Wildman–Crippen MR) is 121 cm³/mol. The van der Waals surface area contributed by atoms with E-state index in [0.29, 0.717) is 22.8 Å². The fraction of sp³-hybridized carbons (Fsp3) is 0.154. The highest BCUT2D eigenvalue weighted by molar-refractivity contribution is 5.95. The van der Waals surface area contributed by atoms with Gasteiger partial charge in [0.05, 0.1) is 11.6 Å². The number of esters is 1. The molecule has 3 aromatic rings. The van der Waals surface area contributed by atoms with Crippen molar-refractivity contribution in [1.82, 2.24) is 10.6 Å². The number of benzene rings is 3. The smallest absolute Gasteiger partial charge is 0.338 e. The molecule has 0 aromatic heterocycles. The summed E-state index contributed by atoms with van der Waals surface area (Å²) < 4.78 is 11.5. The summed E-state index contributed by atoms with van der Waals surface area (Å²) in [6, 6.07) is 23.5. The summed E-state index contributed by atoms with van der Waals surface area (Å²) in [5.41, 5.74) is 3.56. The number of carbonyl (C=O) groups is 2. The van der Waals surface area contributed by atoms with E-state index in [2.05, 4.69) is 10.6 Å². The average molecular weight is 428 g/mol. The zero-order valence-corrected chi connectivity index (χ0v) is 17.9. The van der Waals surface area contributed by atoms with Crippen molar-refractivity contribution in [1.29, 1.82) is 0 Å². The van der Waals surface area contributed by atoms with E-state index in [1.165, 1.54) is 0 Å². The van der Waals surface area contributed by atoms with Crippen LogP contribution in [-0.4, -0.2) is 12.0 Å². The van der Waals surface area contributed by atoms with E-state index in [9.17, 15) is 9.59 Å². The summed E-state index contributed by atoms with van der Waals surface area (Å²) in [6.07, 6.45) is 0. The van der Waals surface area contributed by atoms with Gasteiger partial charge in [-0.15, -0.1) is 0 Å². The van der Waals surface area contributed by atoms with Crippen molar-refractivity contribution in [3.63, 3.8) is 0 Å². The molecule has 1 aliphatic rings. The highest BCUT2D eigenvalue weighted by Gasteiger charge is 2.32. The molecular weight excluding hydrogens is 404 g/mol. The lowest BCUT2D eigenvalue weighted by Gasteiger charge is -2.28. The first-order valence-electron chi connectivity index (χ1n) is 10.3. The molecule has 2 amide bonds. The second-order valence-corrected chi connectivity index (χ2v) is 7.62. The Bertz CT molecular complexity index is 1150. The van der Waals surface area contributed by atoms with Crippen molar-refractivity contribution in [3.8, 4) is 11.5 Å². The Morgan fingerprint density at radius 3 is 2.38 bits per heavy atom. The molecule has 4 rings (SSSR count). The first kappa shape index (κ1) is 21.2. The third-order valence-corrected chi connectivity index (χ3v) is 5.15. The van der Waals surface area contributed by atoms with Crippen LogP contribution < -0.4 is 15.4 Å². The molecule has 32 heavy (non-hydrogen) atoms. The summed E-state index contributed by atoms with van der Waals surface area (Å²) >= 11 is 0. The number of hydrogen-bond donors (Lipinski definition) is 2. The monoisotopic (exact) mass is 428 g/mol. The van der Waals surface area contributed by atoms with Crippen LogP contribution in [0.1, 0.15) is 29.7 Å². The molecule has 2 N–H and O–H groups in total. The minimum Gasteiger partial charge on any atom is -0.457 e. The average Bonchev–Trinajstić information content (AvgIpc) is 2.79. The first-order valence-corrected chi connectivity index (χ1v) is 10.3. The van der Waals surface area contributed by atoms with Crippen LogP contribution in [0.4, 0.5) is 4.79 Å². The van der Waals surface area contributed by atoms with Crippen LogP contribution >= 0.6 is 0 Å². The van der Waals surface area contributed by atoms with Crippen molar-refractivity contribution in [2.24, 2.45) is 0 Å². The summed E-state index contributed by atoms with van der Waals surface area (Å²) in [5, 5.41) is 5.49. The van der Waals surface area contributed by atoms with E-state index in [4.69, 9.17) is 9.47 Å². The number of amides is 2. The molecule has 0 fully saturated rings. The molecule has 0 spiro atoms. The van der Waals surface area contributed by atoms with E-state index in [0.717, 1.165) is 16.7 Å². The van der Waals surface area contributed by atoms with Crippen LogP contribution in [0, 0.1) is 6.92 Å². The number of hydrogen-bond acceptors (Lipinski definition) is 4. The molecule has 6 nitrogen and oxygen atoms in total. The van der Waals surface area contributed by atoms with Crippen LogP contribution in [-0.2, 0) is 16.1 Å². The molecule has 3 aromatic carbocycles. The quantitative estimate of drug-likeness (QED) is 0.532. The summed E-state index contributed by atoms with van der Waals surface area (Å²) in [5.74, 6) is 0.810. The number of ether oxygens (including phenoxy) is 2. The van der Waals surface area contributed by atoms with Gasteiger partial charge in [-0.1, -0.05) is 60.2 Å². The maximum atomic E-state index is 13.0. The molecule has 0 saturated carbocycles. The van der Waals surface area contributed by atoms with Crippen molar-refractivity contribution in [2.45, 2.75) is 26.5 Å². The van der Waals surface area contributed by atoms with Crippen molar-refractivity contribution in [2.75, 3.05) is 0 Å². The number of aryl methyl sites for hydroxylation is 1. The fourth-order valence-electron chi connectivity index (χ4n) is 3.51. The number of para-hydroxylation sites is 1. The van der Waals surface area contributed by atoms with Gasteiger partial charge in [0.15, 0.2) is 0 Å². The Balaban J connectivity index is 1.56. The highest BCUT2D eigenvalue weighted by Crippen LogP contribution is 2.31. The van der Waals surface area contributed by atoms with Crippen molar-refractivity contribution >= 4 is 12.0 Å². The van der Waals surface area contributed by atoms with Crippen LogP contribution in [0.15, 0.2) is 90.1 Å². The summed E-state index contributed by atoms with van der Waals surface area (Å²) in [4.78, 5) is 25.2. The Morgan fingerprint density at radius 2 is 1.62 bits per heavy atom. The van der Waals surface area contributed by atoms with Gasteiger partial charge in [-0.3, -0.25) is 0 Å². The van der Waals surface area contributed by atoms with Gasteiger partial charge in [0.1, 0.15) is 18.1 Å². The van der Waals surface area contributed by atoms with Crippen LogP contribution in [0.2, 0.25) is 0 Å². The summed E-state index contributed by atoms with van der Waals surface area (Å²) in [6.45, 7) is 3.84. The fourth-order valence-corrected chi connectivity index (χ4v) is 3.51.